The number of benzene rings is 2. The van der Waals surface area contributed by atoms with Crippen LogP contribution in [0.2, 0.25) is 0 Å². The van der Waals surface area contributed by atoms with E-state index in [9.17, 15) is 0 Å². The van der Waals surface area contributed by atoms with Gasteiger partial charge in [0.05, 0.1) is 0 Å². The van der Waals surface area contributed by atoms with Crippen LogP contribution in [0.4, 0.5) is 0 Å². The van der Waals surface area contributed by atoms with Gasteiger partial charge in [-0.2, -0.15) is 12.1 Å². The minimum Gasteiger partial charge on any atom is -1.00 e. The average molecular weight is 624 g/mol. The molecule has 0 bridgehead atoms. The molecule has 0 spiro atoms. The van der Waals surface area contributed by atoms with Gasteiger partial charge in [-0.25, -0.2) is 0 Å². The summed E-state index contributed by atoms with van der Waals surface area (Å²) in [5.74, 6) is 1.22. The second-order valence-electron chi connectivity index (χ2n) is 8.97. The molecule has 4 rings (SSSR count). The van der Waals surface area contributed by atoms with E-state index in [4.69, 9.17) is 0 Å². The number of fused-ring (bicyclic) bond motifs is 2. The van der Waals surface area contributed by atoms with Gasteiger partial charge in [-0.05, 0) is 11.8 Å². The Balaban J connectivity index is 0. The van der Waals surface area contributed by atoms with Crippen molar-refractivity contribution in [3.05, 3.63) is 81.9 Å². The van der Waals surface area contributed by atoms with E-state index in [1.165, 1.54) is 54.9 Å². The van der Waals surface area contributed by atoms with Crippen LogP contribution in [0.1, 0.15) is 72.9 Å². The molecule has 0 aliphatic rings. The van der Waals surface area contributed by atoms with E-state index >= 15 is 0 Å². The third kappa shape index (κ3) is 7.50. The third-order valence-corrected chi connectivity index (χ3v) is 5.81. The SMILES string of the molecule is Cc1cc2c(C(C)C)ccc(C)c2[cH-]1.Cc1cc2c(C(C)C)ccc(C)c2[cH-]1.[Cl-].[Cl-].[Zr+2].[Zr+2]. The van der Waals surface area contributed by atoms with Gasteiger partial charge in [0.2, 0.25) is 0 Å². The summed E-state index contributed by atoms with van der Waals surface area (Å²) in [4.78, 5) is 0. The summed E-state index contributed by atoms with van der Waals surface area (Å²) in [6.07, 6.45) is 0. The Morgan fingerprint density at radius 1 is 0.562 bits per heavy atom. The molecule has 4 heteroatoms. The summed E-state index contributed by atoms with van der Waals surface area (Å²) in [5.41, 5.74) is 8.46. The molecule has 32 heavy (non-hydrogen) atoms. The van der Waals surface area contributed by atoms with Crippen LogP contribution in [-0.4, -0.2) is 0 Å². The van der Waals surface area contributed by atoms with E-state index in [0.717, 1.165) is 0 Å². The molecule has 4 aromatic carbocycles. The van der Waals surface area contributed by atoms with Gasteiger partial charge < -0.3 is 24.8 Å². The second kappa shape index (κ2) is 14.4. The second-order valence-corrected chi connectivity index (χ2v) is 8.97. The molecule has 168 valence electrons. The molecule has 0 saturated heterocycles. The molecule has 0 saturated carbocycles. The number of hydrogen-bond donors (Lipinski definition) is 0. The maximum atomic E-state index is 2.30. The zero-order valence-corrected chi connectivity index (χ0v) is 27.0. The van der Waals surface area contributed by atoms with Crippen molar-refractivity contribution in [2.75, 3.05) is 0 Å². The molecule has 0 N–H and O–H groups in total. The van der Waals surface area contributed by atoms with Crippen molar-refractivity contribution in [3.8, 4) is 0 Å². The Morgan fingerprint density at radius 2 is 0.875 bits per heavy atom. The molecule has 0 aliphatic carbocycles. The monoisotopic (exact) mass is 620 g/mol. The maximum absolute atomic E-state index is 2.30. The van der Waals surface area contributed by atoms with Crippen LogP contribution in [0.25, 0.3) is 21.5 Å². The largest absolute Gasteiger partial charge is 2.00 e. The fraction of sp³-hybridized carbons (Fsp3) is 0.357. The molecule has 0 aliphatic heterocycles. The summed E-state index contributed by atoms with van der Waals surface area (Å²) in [7, 11) is 0. The topological polar surface area (TPSA) is 0 Å². The molecule has 0 aromatic heterocycles. The van der Waals surface area contributed by atoms with Crippen LogP contribution in [0, 0.1) is 27.7 Å². The van der Waals surface area contributed by atoms with Crippen molar-refractivity contribution in [1.29, 1.82) is 0 Å². The van der Waals surface area contributed by atoms with Crippen molar-refractivity contribution >= 4 is 21.5 Å². The van der Waals surface area contributed by atoms with E-state index < -0.39 is 0 Å². The van der Waals surface area contributed by atoms with Gasteiger partial charge in [-0.1, -0.05) is 78.6 Å². The smallest absolute Gasteiger partial charge is 1.00 e. The molecule has 0 nitrogen and oxygen atoms in total. The molecule has 0 atom stereocenters. The first-order valence-corrected chi connectivity index (χ1v) is 10.5. The molecule has 0 fully saturated rings. The van der Waals surface area contributed by atoms with Crippen molar-refractivity contribution in [1.82, 2.24) is 0 Å². The molecule has 0 radical (unpaired) electrons. The number of halogens is 2. The van der Waals surface area contributed by atoms with Crippen LogP contribution in [-0.2, 0) is 52.4 Å². The summed E-state index contributed by atoms with van der Waals surface area (Å²) in [6, 6.07) is 18.2. The Kier molecular flexibility index (Phi) is 15.4. The normalized spacial score (nSPS) is 10.1. The van der Waals surface area contributed by atoms with Crippen molar-refractivity contribution in [2.45, 2.75) is 67.2 Å². The molecule has 0 amide bonds. The standard InChI is InChI=1S/2C14H17.2ClH.2Zr/c2*1-9(2)12-6-5-11(4)13-7-10(3)8-14(12)13;;;;/h2*5-9H,1-4H3;2*1H;;/q2*-1;;;2*+2/p-2. The van der Waals surface area contributed by atoms with E-state index in [1.54, 1.807) is 0 Å². The minimum absolute atomic E-state index is 0. The summed E-state index contributed by atoms with van der Waals surface area (Å²) < 4.78 is 0. The Hall–Kier alpha value is 0.00623. The van der Waals surface area contributed by atoms with Crippen molar-refractivity contribution in [3.63, 3.8) is 0 Å². The molecular weight excluding hydrogens is 590 g/mol. The van der Waals surface area contributed by atoms with Gasteiger partial charge in [-0.3, -0.25) is 0 Å². The fourth-order valence-electron chi connectivity index (χ4n) is 4.23. The van der Waals surface area contributed by atoms with E-state index in [0.29, 0.717) is 11.8 Å². The van der Waals surface area contributed by atoms with E-state index in [1.807, 2.05) is 0 Å². The Bertz CT molecular complexity index is 1030. The van der Waals surface area contributed by atoms with Crippen LogP contribution in [0.3, 0.4) is 0 Å². The fourth-order valence-corrected chi connectivity index (χ4v) is 4.23. The van der Waals surface area contributed by atoms with Gasteiger partial charge in [0.1, 0.15) is 0 Å². The van der Waals surface area contributed by atoms with Crippen LogP contribution in [0.5, 0.6) is 0 Å². The van der Waals surface area contributed by atoms with Gasteiger partial charge in [-0.15, -0.1) is 68.1 Å². The third-order valence-electron chi connectivity index (χ3n) is 5.81. The van der Waals surface area contributed by atoms with Crippen LogP contribution < -0.4 is 24.8 Å². The summed E-state index contributed by atoms with van der Waals surface area (Å²) >= 11 is 0. The predicted octanol–water partition coefficient (Wildman–Crippen LogP) is 2.60. The molecule has 0 unspecified atom stereocenters. The van der Waals surface area contributed by atoms with Crippen molar-refractivity contribution in [2.24, 2.45) is 0 Å². The minimum atomic E-state index is 0. The zero-order valence-electron chi connectivity index (χ0n) is 20.5. The van der Waals surface area contributed by atoms with Crippen molar-refractivity contribution < 1.29 is 77.2 Å². The molecule has 4 aromatic rings. The quantitative estimate of drug-likeness (QED) is 0.302. The summed E-state index contributed by atoms with van der Waals surface area (Å²) in [5, 5.41) is 5.73. The van der Waals surface area contributed by atoms with Gasteiger partial charge >= 0.3 is 52.4 Å². The molecule has 0 heterocycles. The van der Waals surface area contributed by atoms with Crippen LogP contribution >= 0.6 is 0 Å². The summed E-state index contributed by atoms with van der Waals surface area (Å²) in [6.45, 7) is 17.7. The predicted molar refractivity (Wildman–Crippen MR) is 126 cm³/mol. The first-order chi connectivity index (χ1) is 13.2. The maximum Gasteiger partial charge on any atom is 2.00 e. The van der Waals surface area contributed by atoms with Gasteiger partial charge in [0.15, 0.2) is 0 Å². The first-order valence-electron chi connectivity index (χ1n) is 10.5. The number of rotatable bonds is 2. The Labute approximate surface area is 245 Å². The van der Waals surface area contributed by atoms with Gasteiger partial charge in [0.25, 0.3) is 0 Å². The first kappa shape index (κ1) is 34.2. The van der Waals surface area contributed by atoms with E-state index in [-0.39, 0.29) is 77.2 Å². The zero-order chi connectivity index (χ0) is 20.6. The Morgan fingerprint density at radius 3 is 1.16 bits per heavy atom. The van der Waals surface area contributed by atoms with Crippen LogP contribution in [0.15, 0.2) is 48.5 Å². The number of hydrogen-bond acceptors (Lipinski definition) is 0. The molecular formula is C28H34Cl2Zr2. The van der Waals surface area contributed by atoms with E-state index in [2.05, 4.69) is 104 Å². The number of aryl methyl sites for hydroxylation is 4. The van der Waals surface area contributed by atoms with Gasteiger partial charge in [0, 0.05) is 0 Å². The average Bonchev–Trinajstić information content (AvgIpc) is 3.19.